The Labute approximate surface area is 109 Å². The summed E-state index contributed by atoms with van der Waals surface area (Å²) < 4.78 is 6.48. The molecule has 1 aromatic heterocycles. The van der Waals surface area contributed by atoms with Crippen LogP contribution in [0.15, 0.2) is 40.1 Å². The topological polar surface area (TPSA) is 90.1 Å². The second-order valence-corrected chi connectivity index (χ2v) is 4.09. The van der Waals surface area contributed by atoms with Crippen molar-refractivity contribution >= 4 is 0 Å². The number of rotatable bonds is 4. The van der Waals surface area contributed by atoms with Crippen molar-refractivity contribution in [2.24, 2.45) is 5.73 Å². The molecule has 2 aromatic rings. The zero-order valence-electron chi connectivity index (χ0n) is 10.6. The zero-order valence-corrected chi connectivity index (χ0v) is 10.6. The van der Waals surface area contributed by atoms with Crippen LogP contribution in [0.3, 0.4) is 0 Å². The van der Waals surface area contributed by atoms with Crippen molar-refractivity contribution in [3.05, 3.63) is 62.4 Å². The molecule has 0 aliphatic rings. The fraction of sp³-hybridized carbons (Fsp3) is 0.231. The van der Waals surface area contributed by atoms with Gasteiger partial charge in [0, 0.05) is 18.3 Å². The van der Waals surface area contributed by atoms with Gasteiger partial charge in [-0.15, -0.1) is 0 Å². The van der Waals surface area contributed by atoms with Crippen LogP contribution in [-0.2, 0) is 13.1 Å². The molecular formula is C13H15N3O3. The lowest BCUT2D eigenvalue weighted by Crippen LogP contribution is -2.32. The minimum Gasteiger partial charge on any atom is -0.497 e. The molecule has 0 saturated heterocycles. The fourth-order valence-corrected chi connectivity index (χ4v) is 1.75. The molecule has 100 valence electrons. The van der Waals surface area contributed by atoms with E-state index in [1.54, 1.807) is 7.11 Å². The van der Waals surface area contributed by atoms with Gasteiger partial charge in [0.15, 0.2) is 0 Å². The molecule has 6 heteroatoms. The highest BCUT2D eigenvalue weighted by Gasteiger charge is 2.04. The lowest BCUT2D eigenvalue weighted by molar-refractivity contribution is 0.414. The Morgan fingerprint density at radius 3 is 2.53 bits per heavy atom. The summed E-state index contributed by atoms with van der Waals surface area (Å²) in [5, 5.41) is 0. The average Bonchev–Trinajstić information content (AvgIpc) is 2.42. The van der Waals surface area contributed by atoms with E-state index in [0.29, 0.717) is 12.1 Å². The van der Waals surface area contributed by atoms with E-state index >= 15 is 0 Å². The first kappa shape index (κ1) is 13.1. The number of H-pyrrole nitrogens is 1. The molecule has 0 unspecified atom stereocenters. The van der Waals surface area contributed by atoms with Crippen molar-refractivity contribution in [2.75, 3.05) is 7.11 Å². The van der Waals surface area contributed by atoms with Crippen molar-refractivity contribution in [1.82, 2.24) is 9.55 Å². The standard InChI is InChI=1S/C13H15N3O3/c1-19-11-4-2-9(3-5-11)7-16-8-10(6-14)12(17)15-13(16)18/h2-5,8H,6-7,14H2,1H3,(H,15,17,18). The zero-order chi connectivity index (χ0) is 13.8. The van der Waals surface area contributed by atoms with Gasteiger partial charge in [-0.2, -0.15) is 0 Å². The predicted molar refractivity (Wildman–Crippen MR) is 71.3 cm³/mol. The number of benzene rings is 1. The number of aromatic amines is 1. The molecule has 0 amide bonds. The summed E-state index contributed by atoms with van der Waals surface area (Å²) in [5.74, 6) is 0.750. The van der Waals surface area contributed by atoms with E-state index in [1.165, 1.54) is 10.8 Å². The van der Waals surface area contributed by atoms with Crippen molar-refractivity contribution in [1.29, 1.82) is 0 Å². The van der Waals surface area contributed by atoms with Crippen molar-refractivity contribution in [3.8, 4) is 5.75 Å². The molecule has 1 heterocycles. The number of hydrogen-bond donors (Lipinski definition) is 2. The number of nitrogens with zero attached hydrogens (tertiary/aromatic N) is 1. The van der Waals surface area contributed by atoms with Crippen LogP contribution < -0.4 is 21.7 Å². The third-order valence-electron chi connectivity index (χ3n) is 2.82. The minimum absolute atomic E-state index is 0.0955. The van der Waals surface area contributed by atoms with Gasteiger partial charge in [-0.25, -0.2) is 4.79 Å². The predicted octanol–water partition coefficient (Wildman–Crippen LogP) is 0.0522. The molecule has 1 aromatic carbocycles. The second-order valence-electron chi connectivity index (χ2n) is 4.09. The fourth-order valence-electron chi connectivity index (χ4n) is 1.75. The number of aromatic nitrogens is 2. The summed E-state index contributed by atoms with van der Waals surface area (Å²) in [4.78, 5) is 25.3. The van der Waals surface area contributed by atoms with E-state index in [2.05, 4.69) is 4.98 Å². The number of nitrogens with one attached hydrogen (secondary N) is 1. The Morgan fingerprint density at radius 2 is 1.95 bits per heavy atom. The number of hydrogen-bond acceptors (Lipinski definition) is 4. The molecule has 0 aliphatic carbocycles. The highest BCUT2D eigenvalue weighted by molar-refractivity contribution is 5.27. The minimum atomic E-state index is -0.446. The number of nitrogens with two attached hydrogens (primary N) is 1. The quantitative estimate of drug-likeness (QED) is 0.813. The normalized spacial score (nSPS) is 10.4. The molecule has 0 atom stereocenters. The van der Waals surface area contributed by atoms with Gasteiger partial charge in [-0.3, -0.25) is 14.3 Å². The summed E-state index contributed by atoms with van der Waals surface area (Å²) in [5.41, 5.74) is 5.88. The van der Waals surface area contributed by atoms with Crippen LogP contribution in [0.1, 0.15) is 11.1 Å². The van der Waals surface area contributed by atoms with Gasteiger partial charge in [0.05, 0.1) is 13.7 Å². The first-order valence-corrected chi connectivity index (χ1v) is 5.79. The van der Waals surface area contributed by atoms with Gasteiger partial charge in [0.1, 0.15) is 5.75 Å². The molecule has 19 heavy (non-hydrogen) atoms. The Morgan fingerprint density at radius 1 is 1.26 bits per heavy atom. The molecule has 0 radical (unpaired) electrons. The first-order chi connectivity index (χ1) is 9.13. The van der Waals surface area contributed by atoms with Crippen LogP contribution in [0.2, 0.25) is 0 Å². The van der Waals surface area contributed by atoms with Crippen LogP contribution in [0.5, 0.6) is 5.75 Å². The lowest BCUT2D eigenvalue weighted by atomic mass is 10.2. The van der Waals surface area contributed by atoms with E-state index < -0.39 is 11.2 Å². The number of ether oxygens (including phenoxy) is 1. The average molecular weight is 261 g/mol. The summed E-state index contributed by atoms with van der Waals surface area (Å²) in [7, 11) is 1.59. The smallest absolute Gasteiger partial charge is 0.328 e. The highest BCUT2D eigenvalue weighted by Crippen LogP contribution is 2.11. The van der Waals surface area contributed by atoms with Gasteiger partial charge in [0.25, 0.3) is 5.56 Å². The van der Waals surface area contributed by atoms with Crippen LogP contribution in [0.25, 0.3) is 0 Å². The van der Waals surface area contributed by atoms with Gasteiger partial charge in [-0.1, -0.05) is 12.1 Å². The van der Waals surface area contributed by atoms with E-state index in [0.717, 1.165) is 11.3 Å². The Kier molecular flexibility index (Phi) is 3.82. The molecule has 0 spiro atoms. The second kappa shape index (κ2) is 5.53. The molecule has 0 bridgehead atoms. The van der Waals surface area contributed by atoms with Crippen molar-refractivity contribution < 1.29 is 4.74 Å². The van der Waals surface area contributed by atoms with Crippen LogP contribution >= 0.6 is 0 Å². The maximum atomic E-state index is 11.7. The first-order valence-electron chi connectivity index (χ1n) is 5.79. The number of methoxy groups -OCH3 is 1. The van der Waals surface area contributed by atoms with Crippen LogP contribution in [-0.4, -0.2) is 16.7 Å². The Bertz CT molecular complexity index is 671. The summed E-state index contributed by atoms with van der Waals surface area (Å²) in [6.07, 6.45) is 1.49. The molecule has 3 N–H and O–H groups in total. The Hall–Kier alpha value is -2.34. The summed E-state index contributed by atoms with van der Waals surface area (Å²) in [6.45, 7) is 0.463. The molecule has 6 nitrogen and oxygen atoms in total. The van der Waals surface area contributed by atoms with E-state index in [1.807, 2.05) is 24.3 Å². The van der Waals surface area contributed by atoms with E-state index in [4.69, 9.17) is 10.5 Å². The van der Waals surface area contributed by atoms with Gasteiger partial charge < -0.3 is 10.5 Å². The van der Waals surface area contributed by atoms with Crippen molar-refractivity contribution in [3.63, 3.8) is 0 Å². The van der Waals surface area contributed by atoms with E-state index in [9.17, 15) is 9.59 Å². The third kappa shape index (κ3) is 2.92. The molecular weight excluding hydrogens is 246 g/mol. The maximum Gasteiger partial charge on any atom is 0.328 e. The summed E-state index contributed by atoms with van der Waals surface area (Å²) >= 11 is 0. The molecule has 0 fully saturated rings. The largest absolute Gasteiger partial charge is 0.497 e. The van der Waals surface area contributed by atoms with Crippen LogP contribution in [0.4, 0.5) is 0 Å². The van der Waals surface area contributed by atoms with Gasteiger partial charge >= 0.3 is 5.69 Å². The molecule has 2 rings (SSSR count). The van der Waals surface area contributed by atoms with Gasteiger partial charge in [0.2, 0.25) is 0 Å². The van der Waals surface area contributed by atoms with Crippen molar-refractivity contribution in [2.45, 2.75) is 13.1 Å². The molecule has 0 saturated carbocycles. The Balaban J connectivity index is 2.32. The highest BCUT2D eigenvalue weighted by atomic mass is 16.5. The molecule has 0 aliphatic heterocycles. The lowest BCUT2D eigenvalue weighted by Gasteiger charge is -2.07. The van der Waals surface area contributed by atoms with Gasteiger partial charge in [-0.05, 0) is 17.7 Å². The van der Waals surface area contributed by atoms with Crippen LogP contribution in [0, 0.1) is 0 Å². The van der Waals surface area contributed by atoms with E-state index in [-0.39, 0.29) is 6.54 Å². The third-order valence-corrected chi connectivity index (χ3v) is 2.82. The monoisotopic (exact) mass is 261 g/mol. The maximum absolute atomic E-state index is 11.7. The SMILES string of the molecule is COc1ccc(Cn2cc(CN)c(=O)[nH]c2=O)cc1. The summed E-state index contributed by atoms with van der Waals surface area (Å²) in [6, 6.07) is 7.35.